The van der Waals surface area contributed by atoms with E-state index in [9.17, 15) is 0 Å². The molecule has 2 aromatic rings. The van der Waals surface area contributed by atoms with E-state index in [0.717, 1.165) is 16.8 Å². The van der Waals surface area contributed by atoms with Gasteiger partial charge in [-0.3, -0.25) is 9.97 Å². The van der Waals surface area contributed by atoms with Gasteiger partial charge in [-0.1, -0.05) is 19.9 Å². The fourth-order valence-corrected chi connectivity index (χ4v) is 1.28. The predicted octanol–water partition coefficient (Wildman–Crippen LogP) is 3.48. The molecule has 0 saturated heterocycles. The maximum atomic E-state index is 4.28. The van der Waals surface area contributed by atoms with Crippen molar-refractivity contribution in [2.45, 2.75) is 20.8 Å². The van der Waals surface area contributed by atoms with E-state index < -0.39 is 0 Å². The molecular formula is C13H16N2. The second kappa shape index (κ2) is 5.91. The smallest absolute Gasteiger partial charge is 0.0705 e. The summed E-state index contributed by atoms with van der Waals surface area (Å²) in [6, 6.07) is 7.89. The van der Waals surface area contributed by atoms with Crippen LogP contribution in [0.4, 0.5) is 0 Å². The van der Waals surface area contributed by atoms with Crippen molar-refractivity contribution in [3.05, 3.63) is 48.4 Å². The van der Waals surface area contributed by atoms with Gasteiger partial charge in [-0.15, -0.1) is 0 Å². The van der Waals surface area contributed by atoms with Crippen LogP contribution < -0.4 is 0 Å². The Morgan fingerprint density at radius 3 is 2.40 bits per heavy atom. The average Bonchev–Trinajstić information content (AvgIpc) is 2.33. The first-order chi connectivity index (χ1) is 7.38. The Hall–Kier alpha value is -1.70. The van der Waals surface area contributed by atoms with E-state index in [1.54, 1.807) is 12.4 Å². The van der Waals surface area contributed by atoms with E-state index in [4.69, 9.17) is 0 Å². The molecule has 2 heterocycles. The van der Waals surface area contributed by atoms with Gasteiger partial charge in [-0.05, 0) is 30.7 Å². The van der Waals surface area contributed by atoms with Crippen LogP contribution in [0.5, 0.6) is 0 Å². The van der Waals surface area contributed by atoms with Gasteiger partial charge >= 0.3 is 0 Å². The topological polar surface area (TPSA) is 25.8 Å². The molecule has 0 aliphatic rings. The van der Waals surface area contributed by atoms with E-state index in [0.29, 0.717) is 0 Å². The fourth-order valence-electron chi connectivity index (χ4n) is 1.28. The number of rotatable bonds is 1. The van der Waals surface area contributed by atoms with Crippen LogP contribution in [0.2, 0.25) is 0 Å². The van der Waals surface area contributed by atoms with Gasteiger partial charge in [0.2, 0.25) is 0 Å². The number of hydrogen-bond donors (Lipinski definition) is 0. The lowest BCUT2D eigenvalue weighted by atomic mass is 10.1. The molecule has 0 amide bonds. The Labute approximate surface area is 91.0 Å². The maximum Gasteiger partial charge on any atom is 0.0705 e. The first kappa shape index (κ1) is 11.4. The minimum atomic E-state index is 1.00. The van der Waals surface area contributed by atoms with E-state index >= 15 is 0 Å². The second-order valence-electron chi connectivity index (χ2n) is 2.91. The molecule has 2 rings (SSSR count). The van der Waals surface area contributed by atoms with Crippen molar-refractivity contribution in [2.24, 2.45) is 0 Å². The first-order valence-electron chi connectivity index (χ1n) is 5.20. The van der Waals surface area contributed by atoms with Crippen LogP contribution in [0.25, 0.3) is 11.3 Å². The van der Waals surface area contributed by atoms with Crippen LogP contribution in [0, 0.1) is 6.92 Å². The summed E-state index contributed by atoms with van der Waals surface area (Å²) in [5.41, 5.74) is 3.30. The van der Waals surface area contributed by atoms with Gasteiger partial charge in [0.05, 0.1) is 5.69 Å². The monoisotopic (exact) mass is 200 g/mol. The van der Waals surface area contributed by atoms with Gasteiger partial charge in [0.15, 0.2) is 0 Å². The highest BCUT2D eigenvalue weighted by molar-refractivity contribution is 5.61. The third kappa shape index (κ3) is 2.88. The van der Waals surface area contributed by atoms with Crippen LogP contribution in [0.3, 0.4) is 0 Å². The zero-order valence-electron chi connectivity index (χ0n) is 9.44. The second-order valence-corrected chi connectivity index (χ2v) is 2.91. The van der Waals surface area contributed by atoms with Crippen molar-refractivity contribution in [3.8, 4) is 11.3 Å². The van der Waals surface area contributed by atoms with Gasteiger partial charge in [0.25, 0.3) is 0 Å². The van der Waals surface area contributed by atoms with Crippen LogP contribution in [0.15, 0.2) is 42.9 Å². The predicted molar refractivity (Wildman–Crippen MR) is 63.6 cm³/mol. The van der Waals surface area contributed by atoms with Gasteiger partial charge in [0.1, 0.15) is 0 Å². The molecular weight excluding hydrogens is 184 g/mol. The molecule has 2 aromatic heterocycles. The summed E-state index contributed by atoms with van der Waals surface area (Å²) in [5, 5.41) is 0. The molecule has 0 saturated carbocycles. The lowest BCUT2D eigenvalue weighted by Crippen LogP contribution is -1.86. The lowest BCUT2D eigenvalue weighted by molar-refractivity contribution is 1.24. The molecule has 0 unspecified atom stereocenters. The molecule has 0 aromatic carbocycles. The summed E-state index contributed by atoms with van der Waals surface area (Å²) in [7, 11) is 0. The highest BCUT2D eigenvalue weighted by Crippen LogP contribution is 2.18. The molecule has 0 bridgehead atoms. The minimum absolute atomic E-state index is 1.00. The van der Waals surface area contributed by atoms with Gasteiger partial charge < -0.3 is 0 Å². The van der Waals surface area contributed by atoms with Gasteiger partial charge in [0, 0.05) is 24.2 Å². The van der Waals surface area contributed by atoms with E-state index in [-0.39, 0.29) is 0 Å². The van der Waals surface area contributed by atoms with Crippen LogP contribution in [0.1, 0.15) is 19.4 Å². The Bertz CT molecular complexity index is 396. The van der Waals surface area contributed by atoms with E-state index in [1.165, 1.54) is 0 Å². The fraction of sp³-hybridized carbons (Fsp3) is 0.231. The molecule has 2 heteroatoms. The number of hydrogen-bond acceptors (Lipinski definition) is 2. The summed E-state index contributed by atoms with van der Waals surface area (Å²) in [4.78, 5) is 8.32. The molecule has 2 nitrogen and oxygen atoms in total. The Kier molecular flexibility index (Phi) is 4.48. The van der Waals surface area contributed by atoms with E-state index in [1.807, 2.05) is 51.2 Å². The standard InChI is InChI=1S/C11H10N2.C2H6/c1-9-8-12-7-5-10(9)11-4-2-3-6-13-11;1-2/h2-8H,1H3;1-2H3. The molecule has 0 fully saturated rings. The minimum Gasteiger partial charge on any atom is -0.264 e. The highest BCUT2D eigenvalue weighted by Gasteiger charge is 2.00. The van der Waals surface area contributed by atoms with Crippen molar-refractivity contribution in [1.82, 2.24) is 9.97 Å². The normalized spacial score (nSPS) is 9.00. The Morgan fingerprint density at radius 1 is 1.00 bits per heavy atom. The third-order valence-corrected chi connectivity index (χ3v) is 1.96. The van der Waals surface area contributed by atoms with Gasteiger partial charge in [-0.2, -0.15) is 0 Å². The van der Waals surface area contributed by atoms with Crippen LogP contribution in [-0.2, 0) is 0 Å². The number of aryl methyl sites for hydroxylation is 1. The van der Waals surface area contributed by atoms with Crippen LogP contribution >= 0.6 is 0 Å². The number of nitrogens with zero attached hydrogens (tertiary/aromatic N) is 2. The number of aromatic nitrogens is 2. The molecule has 0 spiro atoms. The quantitative estimate of drug-likeness (QED) is 0.704. The Morgan fingerprint density at radius 2 is 1.80 bits per heavy atom. The first-order valence-corrected chi connectivity index (χ1v) is 5.20. The largest absolute Gasteiger partial charge is 0.264 e. The molecule has 0 atom stereocenters. The third-order valence-electron chi connectivity index (χ3n) is 1.96. The zero-order valence-corrected chi connectivity index (χ0v) is 9.44. The molecule has 15 heavy (non-hydrogen) atoms. The van der Waals surface area contributed by atoms with Crippen LogP contribution in [-0.4, -0.2) is 9.97 Å². The van der Waals surface area contributed by atoms with Crippen molar-refractivity contribution in [1.29, 1.82) is 0 Å². The average molecular weight is 200 g/mol. The van der Waals surface area contributed by atoms with Crippen molar-refractivity contribution in [3.63, 3.8) is 0 Å². The molecule has 0 radical (unpaired) electrons. The molecule has 0 N–H and O–H groups in total. The number of pyridine rings is 2. The Balaban J connectivity index is 0.000000531. The summed E-state index contributed by atoms with van der Waals surface area (Å²) < 4.78 is 0. The molecule has 78 valence electrons. The molecule has 0 aliphatic heterocycles. The summed E-state index contributed by atoms with van der Waals surface area (Å²) in [5.74, 6) is 0. The SMILES string of the molecule is CC.Cc1cnccc1-c1ccccn1. The lowest BCUT2D eigenvalue weighted by Gasteiger charge is -2.02. The highest BCUT2D eigenvalue weighted by atomic mass is 14.7. The summed E-state index contributed by atoms with van der Waals surface area (Å²) in [6.45, 7) is 6.04. The van der Waals surface area contributed by atoms with Crippen molar-refractivity contribution in [2.75, 3.05) is 0 Å². The van der Waals surface area contributed by atoms with E-state index in [2.05, 4.69) is 9.97 Å². The van der Waals surface area contributed by atoms with Gasteiger partial charge in [-0.25, -0.2) is 0 Å². The zero-order chi connectivity index (χ0) is 11.1. The van der Waals surface area contributed by atoms with Crippen molar-refractivity contribution < 1.29 is 0 Å². The summed E-state index contributed by atoms with van der Waals surface area (Å²) >= 11 is 0. The molecule has 0 aliphatic carbocycles. The summed E-state index contributed by atoms with van der Waals surface area (Å²) in [6.07, 6.45) is 5.44. The van der Waals surface area contributed by atoms with Crippen molar-refractivity contribution >= 4 is 0 Å². The maximum absolute atomic E-state index is 4.28.